The smallest absolute Gasteiger partial charge is 0.263 e. The van der Waals surface area contributed by atoms with Gasteiger partial charge in [-0.05, 0) is 51.0 Å². The molecule has 24 heavy (non-hydrogen) atoms. The van der Waals surface area contributed by atoms with Gasteiger partial charge in [0.15, 0.2) is 0 Å². The Bertz CT molecular complexity index is 984. The van der Waals surface area contributed by atoms with Crippen molar-refractivity contribution in [2.24, 2.45) is 0 Å². The molecule has 0 saturated carbocycles. The van der Waals surface area contributed by atoms with E-state index in [9.17, 15) is 9.59 Å². The van der Waals surface area contributed by atoms with Crippen molar-refractivity contribution in [3.63, 3.8) is 0 Å². The van der Waals surface area contributed by atoms with Crippen LogP contribution in [0.25, 0.3) is 11.0 Å². The molecule has 6 nitrogen and oxygen atoms in total. The topological polar surface area (TPSA) is 79.8 Å². The number of aryl methyl sites for hydroxylation is 2. The van der Waals surface area contributed by atoms with Crippen LogP contribution in [0.2, 0.25) is 0 Å². The van der Waals surface area contributed by atoms with E-state index in [1.54, 1.807) is 13.0 Å². The van der Waals surface area contributed by atoms with E-state index in [0.29, 0.717) is 11.0 Å². The third kappa shape index (κ3) is 2.71. The van der Waals surface area contributed by atoms with Crippen LogP contribution in [0.4, 0.5) is 5.69 Å². The molecule has 2 aromatic heterocycles. The number of amides is 1. The molecule has 1 unspecified atom stereocenters. The average Bonchev–Trinajstić information content (AvgIpc) is 2.93. The van der Waals surface area contributed by atoms with E-state index in [4.69, 9.17) is 0 Å². The van der Waals surface area contributed by atoms with Crippen molar-refractivity contribution in [3.8, 4) is 0 Å². The maximum absolute atomic E-state index is 12.6. The quantitative estimate of drug-likeness (QED) is 0.777. The van der Waals surface area contributed by atoms with Crippen molar-refractivity contribution >= 4 is 22.6 Å². The summed E-state index contributed by atoms with van der Waals surface area (Å²) in [4.78, 5) is 32.4. The highest BCUT2D eigenvalue weighted by molar-refractivity contribution is 5.94. The van der Waals surface area contributed by atoms with Gasteiger partial charge in [-0.2, -0.15) is 0 Å². The highest BCUT2D eigenvalue weighted by atomic mass is 16.2. The van der Waals surface area contributed by atoms with Gasteiger partial charge in [0.2, 0.25) is 5.91 Å². The minimum atomic E-state index is -0.662. The Morgan fingerprint density at radius 2 is 2.04 bits per heavy atom. The summed E-state index contributed by atoms with van der Waals surface area (Å²) >= 11 is 0. The van der Waals surface area contributed by atoms with Crippen LogP contribution < -0.4 is 10.9 Å². The third-order valence-electron chi connectivity index (χ3n) is 4.37. The van der Waals surface area contributed by atoms with Gasteiger partial charge in [-0.3, -0.25) is 14.2 Å². The van der Waals surface area contributed by atoms with E-state index in [-0.39, 0.29) is 11.5 Å². The number of benzene rings is 1. The number of carbonyl (C=O) groups is 1. The van der Waals surface area contributed by atoms with Crippen LogP contribution in [0, 0.1) is 20.8 Å². The number of aromatic nitrogens is 3. The zero-order valence-electron chi connectivity index (χ0n) is 14.2. The summed E-state index contributed by atoms with van der Waals surface area (Å²) in [5.41, 5.74) is 4.04. The Kier molecular flexibility index (Phi) is 3.97. The number of aromatic amines is 1. The number of anilines is 1. The normalized spacial score (nSPS) is 12.3. The lowest BCUT2D eigenvalue weighted by Crippen LogP contribution is -2.31. The third-order valence-corrected chi connectivity index (χ3v) is 4.37. The van der Waals surface area contributed by atoms with Crippen LogP contribution in [0.1, 0.15) is 29.8 Å². The number of hydrogen-bond donors (Lipinski definition) is 2. The van der Waals surface area contributed by atoms with Gasteiger partial charge < -0.3 is 10.3 Å². The predicted octanol–water partition coefficient (Wildman–Crippen LogP) is 2.85. The standard InChI is InChI=1S/C18H20N4O2/c1-10-6-5-7-15(12(10)3)21-17(23)13(4)22-9-19-16-14(18(22)24)8-11(2)20-16/h5-9,13,20H,1-4H3,(H,21,23). The summed E-state index contributed by atoms with van der Waals surface area (Å²) in [7, 11) is 0. The molecule has 0 bridgehead atoms. The summed E-state index contributed by atoms with van der Waals surface area (Å²) in [5, 5.41) is 3.38. The molecule has 2 heterocycles. The van der Waals surface area contributed by atoms with Crippen LogP contribution in [-0.4, -0.2) is 20.4 Å². The number of hydrogen-bond acceptors (Lipinski definition) is 3. The number of nitrogens with one attached hydrogen (secondary N) is 2. The molecule has 0 aliphatic carbocycles. The van der Waals surface area contributed by atoms with Crippen molar-refractivity contribution in [2.45, 2.75) is 33.7 Å². The maximum Gasteiger partial charge on any atom is 0.263 e. The van der Waals surface area contributed by atoms with Gasteiger partial charge in [0.25, 0.3) is 5.56 Å². The van der Waals surface area contributed by atoms with E-state index < -0.39 is 6.04 Å². The van der Waals surface area contributed by atoms with E-state index in [1.165, 1.54) is 10.9 Å². The Morgan fingerprint density at radius 3 is 2.79 bits per heavy atom. The summed E-state index contributed by atoms with van der Waals surface area (Å²) in [6, 6.07) is 6.82. The van der Waals surface area contributed by atoms with E-state index in [2.05, 4.69) is 15.3 Å². The minimum absolute atomic E-state index is 0.229. The lowest BCUT2D eigenvalue weighted by molar-refractivity contribution is -0.118. The molecule has 124 valence electrons. The first kappa shape index (κ1) is 16.0. The molecule has 1 amide bonds. The summed E-state index contributed by atoms with van der Waals surface area (Å²) in [6.07, 6.45) is 1.41. The average molecular weight is 324 g/mol. The number of fused-ring (bicyclic) bond motifs is 1. The fourth-order valence-electron chi connectivity index (χ4n) is 2.68. The lowest BCUT2D eigenvalue weighted by Gasteiger charge is -2.16. The van der Waals surface area contributed by atoms with Gasteiger partial charge >= 0.3 is 0 Å². The molecule has 0 spiro atoms. The van der Waals surface area contributed by atoms with Crippen LogP contribution in [-0.2, 0) is 4.79 Å². The molecule has 1 atom stereocenters. The van der Waals surface area contributed by atoms with E-state index in [1.807, 2.05) is 39.0 Å². The van der Waals surface area contributed by atoms with Crippen molar-refractivity contribution in [2.75, 3.05) is 5.32 Å². The van der Waals surface area contributed by atoms with Gasteiger partial charge in [0, 0.05) is 11.4 Å². The molecule has 6 heteroatoms. The first-order valence-corrected chi connectivity index (χ1v) is 7.82. The fraction of sp³-hybridized carbons (Fsp3) is 0.278. The second-order valence-corrected chi connectivity index (χ2v) is 6.08. The molecule has 3 aromatic rings. The number of nitrogens with zero attached hydrogens (tertiary/aromatic N) is 2. The summed E-state index contributed by atoms with van der Waals surface area (Å²) in [5.74, 6) is -0.251. The van der Waals surface area contributed by atoms with Crippen molar-refractivity contribution < 1.29 is 4.79 Å². The van der Waals surface area contributed by atoms with Gasteiger partial charge in [0.1, 0.15) is 18.0 Å². The van der Waals surface area contributed by atoms with Gasteiger partial charge in [-0.25, -0.2) is 4.98 Å². The van der Waals surface area contributed by atoms with E-state index >= 15 is 0 Å². The SMILES string of the molecule is Cc1cc2c(=O)n(C(C)C(=O)Nc3cccc(C)c3C)cnc2[nH]1. The summed E-state index contributed by atoms with van der Waals surface area (Å²) in [6.45, 7) is 7.50. The Morgan fingerprint density at radius 1 is 1.29 bits per heavy atom. The summed E-state index contributed by atoms with van der Waals surface area (Å²) < 4.78 is 1.36. The Labute approximate surface area is 139 Å². The zero-order valence-corrected chi connectivity index (χ0v) is 14.2. The molecule has 0 radical (unpaired) electrons. The number of carbonyl (C=O) groups excluding carboxylic acids is 1. The first-order valence-electron chi connectivity index (χ1n) is 7.82. The van der Waals surface area contributed by atoms with Crippen LogP contribution in [0.5, 0.6) is 0 Å². The second kappa shape index (κ2) is 5.96. The number of H-pyrrole nitrogens is 1. The van der Waals surface area contributed by atoms with Gasteiger partial charge in [-0.1, -0.05) is 12.1 Å². The molecule has 0 aliphatic rings. The largest absolute Gasteiger partial charge is 0.343 e. The molecule has 3 rings (SSSR count). The molecular formula is C18H20N4O2. The van der Waals surface area contributed by atoms with E-state index in [0.717, 1.165) is 22.5 Å². The van der Waals surface area contributed by atoms with Crippen molar-refractivity contribution in [3.05, 3.63) is 57.8 Å². The first-order chi connectivity index (χ1) is 11.4. The molecule has 1 aromatic carbocycles. The van der Waals surface area contributed by atoms with Gasteiger partial charge in [-0.15, -0.1) is 0 Å². The second-order valence-electron chi connectivity index (χ2n) is 6.08. The predicted molar refractivity (Wildman–Crippen MR) is 94.3 cm³/mol. The van der Waals surface area contributed by atoms with Crippen molar-refractivity contribution in [1.29, 1.82) is 0 Å². The molecule has 0 saturated heterocycles. The van der Waals surface area contributed by atoms with Crippen LogP contribution in [0.15, 0.2) is 35.4 Å². The minimum Gasteiger partial charge on any atom is -0.343 e. The van der Waals surface area contributed by atoms with Crippen LogP contribution in [0.3, 0.4) is 0 Å². The van der Waals surface area contributed by atoms with Crippen LogP contribution >= 0.6 is 0 Å². The Balaban J connectivity index is 1.92. The molecule has 0 fully saturated rings. The van der Waals surface area contributed by atoms with Gasteiger partial charge in [0.05, 0.1) is 5.39 Å². The molecular weight excluding hydrogens is 304 g/mol. The zero-order chi connectivity index (χ0) is 17.4. The maximum atomic E-state index is 12.6. The molecule has 0 aliphatic heterocycles. The highest BCUT2D eigenvalue weighted by Crippen LogP contribution is 2.19. The number of rotatable bonds is 3. The van der Waals surface area contributed by atoms with Crippen molar-refractivity contribution in [1.82, 2.24) is 14.5 Å². The highest BCUT2D eigenvalue weighted by Gasteiger charge is 2.19. The Hall–Kier alpha value is -2.89. The monoisotopic (exact) mass is 324 g/mol. The molecule has 2 N–H and O–H groups in total. The fourth-order valence-corrected chi connectivity index (χ4v) is 2.68. The lowest BCUT2D eigenvalue weighted by atomic mass is 10.1.